The number of carbonyl (C=O) groups is 2. The Hall–Kier alpha value is -1.14. The van der Waals surface area contributed by atoms with Crippen molar-refractivity contribution in [2.75, 3.05) is 19.6 Å². The van der Waals surface area contributed by atoms with Crippen LogP contribution in [0.25, 0.3) is 0 Å². The van der Waals surface area contributed by atoms with Gasteiger partial charge in [0, 0.05) is 12.6 Å². The number of nitrogens with zero attached hydrogens (tertiary/aromatic N) is 1. The second kappa shape index (κ2) is 5.09. The molecule has 106 valence electrons. The summed E-state index contributed by atoms with van der Waals surface area (Å²) >= 11 is 0. The average molecular weight is 268 g/mol. The number of carbonyl (C=O) groups excluding carboxylic acids is 1. The molecular weight excluding hydrogens is 248 g/mol. The molecule has 0 aromatic rings. The molecule has 3 atom stereocenters. The fraction of sp³-hybridized carbons (Fsp3) is 0.846. The van der Waals surface area contributed by atoms with Crippen molar-refractivity contribution in [3.63, 3.8) is 0 Å². The largest absolute Gasteiger partial charge is 0.479 e. The fourth-order valence-corrected chi connectivity index (χ4v) is 3.42. The summed E-state index contributed by atoms with van der Waals surface area (Å²) in [6.45, 7) is 3.20. The summed E-state index contributed by atoms with van der Waals surface area (Å²) in [4.78, 5) is 25.3. The molecule has 19 heavy (non-hydrogen) atoms. The van der Waals surface area contributed by atoms with E-state index in [2.05, 4.69) is 10.2 Å². The first-order valence-corrected chi connectivity index (χ1v) is 7.04. The number of amides is 1. The Labute approximate surface area is 112 Å². The maximum absolute atomic E-state index is 12.1. The van der Waals surface area contributed by atoms with Gasteiger partial charge in [-0.15, -0.1) is 0 Å². The molecular formula is C13H20N2O4. The summed E-state index contributed by atoms with van der Waals surface area (Å²) < 4.78 is 5.28. The van der Waals surface area contributed by atoms with E-state index in [1.54, 1.807) is 0 Å². The van der Waals surface area contributed by atoms with Crippen LogP contribution in [0.2, 0.25) is 0 Å². The van der Waals surface area contributed by atoms with Gasteiger partial charge in [-0.2, -0.15) is 0 Å². The summed E-state index contributed by atoms with van der Waals surface area (Å²) in [6, 6.07) is 0.211. The maximum atomic E-state index is 12.1. The first-order chi connectivity index (χ1) is 9.13. The minimum Gasteiger partial charge on any atom is -0.479 e. The quantitative estimate of drug-likeness (QED) is 0.743. The molecule has 4 heterocycles. The topological polar surface area (TPSA) is 78.9 Å². The monoisotopic (exact) mass is 268 g/mol. The van der Waals surface area contributed by atoms with E-state index in [1.807, 2.05) is 0 Å². The van der Waals surface area contributed by atoms with Gasteiger partial charge >= 0.3 is 5.97 Å². The molecule has 2 N–H and O–H groups in total. The summed E-state index contributed by atoms with van der Waals surface area (Å²) in [7, 11) is 0. The molecule has 0 radical (unpaired) electrons. The Morgan fingerprint density at radius 2 is 1.79 bits per heavy atom. The molecule has 0 aromatic heterocycles. The van der Waals surface area contributed by atoms with E-state index in [-0.39, 0.29) is 11.9 Å². The predicted octanol–water partition coefficient (Wildman–Crippen LogP) is -0.171. The van der Waals surface area contributed by atoms with E-state index in [0.717, 1.165) is 32.5 Å². The first kappa shape index (κ1) is 12.9. The van der Waals surface area contributed by atoms with Gasteiger partial charge in [0.2, 0.25) is 5.91 Å². The number of nitrogens with one attached hydrogen (secondary N) is 1. The summed E-state index contributed by atoms with van der Waals surface area (Å²) in [5, 5.41) is 11.9. The zero-order chi connectivity index (χ0) is 13.4. The highest BCUT2D eigenvalue weighted by molar-refractivity contribution is 5.82. The summed E-state index contributed by atoms with van der Waals surface area (Å²) in [5.41, 5.74) is 0. The number of piperidine rings is 3. The standard InChI is InChI=1S/C13H20N2O4/c16-12(10-1-2-11(19-10)13(17)18)14-9-7-15-5-3-8(9)4-6-15/h8-11H,1-7H2,(H,14,16)(H,17,18). The molecule has 4 aliphatic rings. The van der Waals surface area contributed by atoms with E-state index < -0.39 is 18.2 Å². The lowest BCUT2D eigenvalue weighted by atomic mass is 9.84. The van der Waals surface area contributed by atoms with Crippen LogP contribution in [0.3, 0.4) is 0 Å². The average Bonchev–Trinajstić information content (AvgIpc) is 2.90. The van der Waals surface area contributed by atoms with Crippen molar-refractivity contribution in [3.05, 3.63) is 0 Å². The van der Waals surface area contributed by atoms with Gasteiger partial charge in [0.15, 0.2) is 6.10 Å². The minimum absolute atomic E-state index is 0.137. The van der Waals surface area contributed by atoms with Crippen molar-refractivity contribution < 1.29 is 19.4 Å². The van der Waals surface area contributed by atoms with Crippen LogP contribution in [-0.2, 0) is 14.3 Å². The lowest BCUT2D eigenvalue weighted by Gasteiger charge is -2.45. The van der Waals surface area contributed by atoms with Crippen molar-refractivity contribution >= 4 is 11.9 Å². The van der Waals surface area contributed by atoms with E-state index >= 15 is 0 Å². The summed E-state index contributed by atoms with van der Waals surface area (Å²) in [6.07, 6.45) is 1.82. The lowest BCUT2D eigenvalue weighted by molar-refractivity contribution is -0.152. The van der Waals surface area contributed by atoms with E-state index in [4.69, 9.17) is 9.84 Å². The Balaban J connectivity index is 1.53. The van der Waals surface area contributed by atoms with Gasteiger partial charge in [-0.25, -0.2) is 4.79 Å². The van der Waals surface area contributed by atoms with Gasteiger partial charge < -0.3 is 20.1 Å². The number of hydrogen-bond donors (Lipinski definition) is 2. The van der Waals surface area contributed by atoms with Crippen molar-refractivity contribution in [1.82, 2.24) is 10.2 Å². The van der Waals surface area contributed by atoms with Gasteiger partial charge in [0.1, 0.15) is 6.10 Å². The molecule has 0 spiro atoms. The number of rotatable bonds is 3. The molecule has 4 aliphatic heterocycles. The maximum Gasteiger partial charge on any atom is 0.332 e. The zero-order valence-corrected chi connectivity index (χ0v) is 10.9. The van der Waals surface area contributed by atoms with Crippen LogP contribution in [0, 0.1) is 5.92 Å². The van der Waals surface area contributed by atoms with Crippen LogP contribution in [0.15, 0.2) is 0 Å². The van der Waals surface area contributed by atoms with Gasteiger partial charge in [0.05, 0.1) is 0 Å². The third-order valence-electron chi connectivity index (χ3n) is 4.57. The molecule has 4 rings (SSSR count). The van der Waals surface area contributed by atoms with Crippen LogP contribution in [0.5, 0.6) is 0 Å². The molecule has 6 heteroatoms. The highest BCUT2D eigenvalue weighted by Gasteiger charge is 2.39. The van der Waals surface area contributed by atoms with Crippen LogP contribution in [-0.4, -0.2) is 59.8 Å². The Kier molecular flexibility index (Phi) is 3.45. The molecule has 1 amide bonds. The number of carboxylic acids is 1. The zero-order valence-electron chi connectivity index (χ0n) is 10.9. The summed E-state index contributed by atoms with van der Waals surface area (Å²) in [5.74, 6) is -0.536. The number of ether oxygens (including phenoxy) is 1. The van der Waals surface area contributed by atoms with Gasteiger partial charge in [-0.3, -0.25) is 4.79 Å². The van der Waals surface area contributed by atoms with Crippen molar-refractivity contribution in [2.24, 2.45) is 5.92 Å². The Morgan fingerprint density at radius 1 is 1.11 bits per heavy atom. The van der Waals surface area contributed by atoms with Gasteiger partial charge in [0.25, 0.3) is 0 Å². The third kappa shape index (κ3) is 2.60. The van der Waals surface area contributed by atoms with Crippen LogP contribution in [0.1, 0.15) is 25.7 Å². The second-order valence-electron chi connectivity index (χ2n) is 5.78. The SMILES string of the molecule is O=C(O)C1CCC(C(=O)NC2CN3CCC2CC3)O1. The second-order valence-corrected chi connectivity index (χ2v) is 5.78. The molecule has 2 bridgehead atoms. The van der Waals surface area contributed by atoms with E-state index in [0.29, 0.717) is 18.8 Å². The molecule has 6 nitrogen and oxygen atoms in total. The van der Waals surface area contributed by atoms with Crippen LogP contribution < -0.4 is 5.32 Å². The first-order valence-electron chi connectivity index (χ1n) is 7.04. The number of carboxylic acid groups (broad SMARTS) is 1. The Morgan fingerprint density at radius 3 is 2.32 bits per heavy atom. The van der Waals surface area contributed by atoms with Crippen molar-refractivity contribution in [3.8, 4) is 0 Å². The third-order valence-corrected chi connectivity index (χ3v) is 4.57. The fourth-order valence-electron chi connectivity index (χ4n) is 3.42. The number of fused-ring (bicyclic) bond motifs is 3. The Bertz CT molecular complexity index is 379. The van der Waals surface area contributed by atoms with Crippen LogP contribution in [0.4, 0.5) is 0 Å². The molecule has 4 saturated heterocycles. The molecule has 4 fully saturated rings. The highest BCUT2D eigenvalue weighted by atomic mass is 16.5. The molecule has 0 aromatic carbocycles. The van der Waals surface area contributed by atoms with Crippen molar-refractivity contribution in [1.29, 1.82) is 0 Å². The van der Waals surface area contributed by atoms with Gasteiger partial charge in [-0.05, 0) is 44.7 Å². The molecule has 3 unspecified atom stereocenters. The van der Waals surface area contributed by atoms with E-state index in [9.17, 15) is 9.59 Å². The number of hydrogen-bond acceptors (Lipinski definition) is 4. The normalized spacial score (nSPS) is 41.2. The molecule has 0 aliphatic carbocycles. The highest BCUT2D eigenvalue weighted by Crippen LogP contribution is 2.28. The van der Waals surface area contributed by atoms with Crippen molar-refractivity contribution in [2.45, 2.75) is 43.9 Å². The van der Waals surface area contributed by atoms with Gasteiger partial charge in [-0.1, -0.05) is 0 Å². The molecule has 0 saturated carbocycles. The number of aliphatic carboxylic acids is 1. The lowest BCUT2D eigenvalue weighted by Crippen LogP contribution is -2.58. The van der Waals surface area contributed by atoms with E-state index in [1.165, 1.54) is 0 Å². The van der Waals surface area contributed by atoms with Crippen LogP contribution >= 0.6 is 0 Å². The minimum atomic E-state index is -0.974. The smallest absolute Gasteiger partial charge is 0.332 e. The predicted molar refractivity (Wildman–Crippen MR) is 66.6 cm³/mol.